The summed E-state index contributed by atoms with van der Waals surface area (Å²) < 4.78 is 0. The van der Waals surface area contributed by atoms with Gasteiger partial charge in [0, 0.05) is 6.42 Å². The van der Waals surface area contributed by atoms with E-state index in [1.165, 1.54) is 4.90 Å². The minimum absolute atomic E-state index is 0.126. The third-order valence-corrected chi connectivity index (χ3v) is 3.44. The van der Waals surface area contributed by atoms with Crippen molar-refractivity contribution in [2.24, 2.45) is 5.41 Å². The Balaban J connectivity index is 2.23. The summed E-state index contributed by atoms with van der Waals surface area (Å²) in [4.78, 5) is 25.0. The first-order chi connectivity index (χ1) is 6.93. The van der Waals surface area contributed by atoms with Crippen LogP contribution in [-0.2, 0) is 9.59 Å². The third kappa shape index (κ3) is 1.57. The molecule has 1 aliphatic carbocycles. The van der Waals surface area contributed by atoms with Gasteiger partial charge in [-0.25, -0.2) is 0 Å². The van der Waals surface area contributed by atoms with Gasteiger partial charge in [0.05, 0.1) is 17.6 Å². The van der Waals surface area contributed by atoms with E-state index in [0.717, 1.165) is 12.8 Å². The van der Waals surface area contributed by atoms with Gasteiger partial charge in [-0.1, -0.05) is 13.8 Å². The van der Waals surface area contributed by atoms with Crippen LogP contribution >= 0.6 is 0 Å². The Morgan fingerprint density at radius 2 is 2.00 bits per heavy atom. The molecule has 84 valence electrons. The minimum Gasteiger partial charge on any atom is -0.391 e. The first-order valence-corrected chi connectivity index (χ1v) is 5.48. The van der Waals surface area contributed by atoms with Crippen LogP contribution < -0.4 is 0 Å². The predicted octanol–water partition coefficient (Wildman–Crippen LogP) is 0.685. The molecule has 2 amide bonds. The molecule has 1 heterocycles. The summed E-state index contributed by atoms with van der Waals surface area (Å²) in [5, 5.41) is 9.71. The van der Waals surface area contributed by atoms with Gasteiger partial charge < -0.3 is 5.11 Å². The second-order valence-corrected chi connectivity index (χ2v) is 5.20. The predicted molar refractivity (Wildman–Crippen MR) is 53.9 cm³/mol. The maximum absolute atomic E-state index is 12.0. The number of hydrogen-bond donors (Lipinski definition) is 1. The molecule has 4 heteroatoms. The van der Waals surface area contributed by atoms with E-state index in [0.29, 0.717) is 6.42 Å². The standard InChI is InChI=1S/C11H17NO3/c1-11(2)6-9(14)12(10(11)15)7-4-3-5-8(7)13/h7-8,13H,3-6H2,1-2H3/t7-,8-/m0/s1. The minimum atomic E-state index is -0.584. The number of likely N-dealkylation sites (tertiary alicyclic amines) is 1. The monoisotopic (exact) mass is 211 g/mol. The number of amides is 2. The fourth-order valence-electron chi connectivity index (χ4n) is 2.54. The van der Waals surface area contributed by atoms with Gasteiger partial charge in [-0.05, 0) is 19.3 Å². The van der Waals surface area contributed by atoms with E-state index in [1.807, 2.05) is 0 Å². The summed E-state index contributed by atoms with van der Waals surface area (Å²) in [5.74, 6) is -0.255. The van der Waals surface area contributed by atoms with Crippen LogP contribution in [0.1, 0.15) is 39.5 Å². The Bertz CT molecular complexity index is 311. The van der Waals surface area contributed by atoms with Crippen LogP contribution in [0.2, 0.25) is 0 Å². The molecule has 2 fully saturated rings. The molecule has 0 aromatic heterocycles. The molecule has 0 aromatic rings. The van der Waals surface area contributed by atoms with Crippen LogP contribution in [0.5, 0.6) is 0 Å². The van der Waals surface area contributed by atoms with Crippen molar-refractivity contribution in [3.8, 4) is 0 Å². The first kappa shape index (κ1) is 10.6. The van der Waals surface area contributed by atoms with E-state index in [1.54, 1.807) is 13.8 Å². The van der Waals surface area contributed by atoms with Crippen molar-refractivity contribution in [2.45, 2.75) is 51.7 Å². The summed E-state index contributed by atoms with van der Waals surface area (Å²) in [6.45, 7) is 3.57. The van der Waals surface area contributed by atoms with Gasteiger partial charge in [-0.2, -0.15) is 0 Å². The van der Waals surface area contributed by atoms with E-state index < -0.39 is 11.5 Å². The molecule has 1 saturated heterocycles. The zero-order valence-corrected chi connectivity index (χ0v) is 9.19. The Hall–Kier alpha value is -0.900. The molecule has 15 heavy (non-hydrogen) atoms. The lowest BCUT2D eigenvalue weighted by atomic mass is 9.92. The molecule has 4 nitrogen and oxygen atoms in total. The van der Waals surface area contributed by atoms with E-state index >= 15 is 0 Å². The summed E-state index contributed by atoms with van der Waals surface area (Å²) in [7, 11) is 0. The largest absolute Gasteiger partial charge is 0.391 e. The average molecular weight is 211 g/mol. The molecule has 1 saturated carbocycles. The molecule has 1 N–H and O–H groups in total. The van der Waals surface area contributed by atoms with Crippen molar-refractivity contribution >= 4 is 11.8 Å². The van der Waals surface area contributed by atoms with E-state index in [-0.39, 0.29) is 24.3 Å². The van der Waals surface area contributed by atoms with Crippen LogP contribution in [0.15, 0.2) is 0 Å². The number of hydrogen-bond acceptors (Lipinski definition) is 3. The van der Waals surface area contributed by atoms with Crippen LogP contribution in [0.4, 0.5) is 0 Å². The highest BCUT2D eigenvalue weighted by atomic mass is 16.3. The number of carbonyl (C=O) groups excluding carboxylic acids is 2. The molecule has 0 unspecified atom stereocenters. The Morgan fingerprint density at radius 3 is 2.40 bits per heavy atom. The Morgan fingerprint density at radius 1 is 1.33 bits per heavy atom. The molecule has 0 aromatic carbocycles. The van der Waals surface area contributed by atoms with Crippen molar-refractivity contribution < 1.29 is 14.7 Å². The molecule has 0 radical (unpaired) electrons. The third-order valence-electron chi connectivity index (χ3n) is 3.44. The molecular weight excluding hydrogens is 194 g/mol. The van der Waals surface area contributed by atoms with Gasteiger partial charge in [0.25, 0.3) is 0 Å². The number of aliphatic hydroxyl groups excluding tert-OH is 1. The molecule has 1 aliphatic heterocycles. The number of rotatable bonds is 1. The lowest BCUT2D eigenvalue weighted by Gasteiger charge is -2.26. The first-order valence-electron chi connectivity index (χ1n) is 5.48. The van der Waals surface area contributed by atoms with Crippen LogP contribution in [0.25, 0.3) is 0 Å². The van der Waals surface area contributed by atoms with E-state index in [2.05, 4.69) is 0 Å². The molecule has 0 bridgehead atoms. The maximum atomic E-state index is 12.0. The van der Waals surface area contributed by atoms with Crippen molar-refractivity contribution in [1.29, 1.82) is 0 Å². The second-order valence-electron chi connectivity index (χ2n) is 5.20. The summed E-state index contributed by atoms with van der Waals surface area (Å²) in [5.41, 5.74) is -0.584. The number of aliphatic hydroxyl groups is 1. The highest BCUT2D eigenvalue weighted by molar-refractivity contribution is 6.05. The van der Waals surface area contributed by atoms with Crippen molar-refractivity contribution in [2.75, 3.05) is 0 Å². The molecule has 0 spiro atoms. The number of carbonyl (C=O) groups is 2. The van der Waals surface area contributed by atoms with E-state index in [4.69, 9.17) is 0 Å². The van der Waals surface area contributed by atoms with Crippen LogP contribution in [0.3, 0.4) is 0 Å². The summed E-state index contributed by atoms with van der Waals surface area (Å²) in [6.07, 6.45) is 2.08. The lowest BCUT2D eigenvalue weighted by Crippen LogP contribution is -2.45. The van der Waals surface area contributed by atoms with Gasteiger partial charge in [0.15, 0.2) is 0 Å². The van der Waals surface area contributed by atoms with Gasteiger partial charge in [0.1, 0.15) is 0 Å². The quantitative estimate of drug-likeness (QED) is 0.649. The normalized spacial score (nSPS) is 35.3. The van der Waals surface area contributed by atoms with Gasteiger partial charge >= 0.3 is 0 Å². The summed E-state index contributed by atoms with van der Waals surface area (Å²) in [6, 6.07) is -0.272. The van der Waals surface area contributed by atoms with E-state index in [9.17, 15) is 14.7 Å². The van der Waals surface area contributed by atoms with Gasteiger partial charge in [-0.15, -0.1) is 0 Å². The number of imide groups is 1. The molecule has 2 aliphatic rings. The van der Waals surface area contributed by atoms with Crippen LogP contribution in [-0.4, -0.2) is 34.0 Å². The second kappa shape index (κ2) is 3.30. The maximum Gasteiger partial charge on any atom is 0.235 e. The van der Waals surface area contributed by atoms with Gasteiger partial charge in [-0.3, -0.25) is 14.5 Å². The smallest absolute Gasteiger partial charge is 0.235 e. The fourth-order valence-corrected chi connectivity index (χ4v) is 2.54. The average Bonchev–Trinajstić information content (AvgIpc) is 2.58. The Labute approximate surface area is 89.3 Å². The summed E-state index contributed by atoms with van der Waals surface area (Å²) >= 11 is 0. The fraction of sp³-hybridized carbons (Fsp3) is 0.818. The number of nitrogens with zero attached hydrogens (tertiary/aromatic N) is 1. The van der Waals surface area contributed by atoms with Crippen LogP contribution in [0, 0.1) is 5.41 Å². The zero-order valence-electron chi connectivity index (χ0n) is 9.19. The molecular formula is C11H17NO3. The van der Waals surface area contributed by atoms with Crippen molar-refractivity contribution in [3.63, 3.8) is 0 Å². The molecule has 2 atom stereocenters. The topological polar surface area (TPSA) is 57.6 Å². The molecule has 2 rings (SSSR count). The van der Waals surface area contributed by atoms with Crippen molar-refractivity contribution in [3.05, 3.63) is 0 Å². The van der Waals surface area contributed by atoms with Gasteiger partial charge in [0.2, 0.25) is 11.8 Å². The van der Waals surface area contributed by atoms with Crippen molar-refractivity contribution in [1.82, 2.24) is 4.90 Å². The Kier molecular flexibility index (Phi) is 2.34. The highest BCUT2D eigenvalue weighted by Gasteiger charge is 2.49. The highest BCUT2D eigenvalue weighted by Crippen LogP contribution is 2.36. The SMILES string of the molecule is CC1(C)CC(=O)N([C@H]2CCC[C@@H]2O)C1=O. The zero-order chi connectivity index (χ0) is 11.2. The lowest BCUT2D eigenvalue weighted by molar-refractivity contribution is -0.145.